The fourth-order valence-corrected chi connectivity index (χ4v) is 2.31. The summed E-state index contributed by atoms with van der Waals surface area (Å²) >= 11 is 0. The van der Waals surface area contributed by atoms with Crippen molar-refractivity contribution < 1.29 is 49.2 Å². The molecule has 6 N–H and O–H groups in total. The molecule has 14 nitrogen and oxygen atoms in total. The zero-order valence-corrected chi connectivity index (χ0v) is 15.8. The molecular formula is C18H14N4O10. The molecule has 2 aromatic rings. The SMILES string of the molecule is O=C(NC(C(=O)O)C(=O)O)c1ccnc(-c2cc(C(=O)NC(C(=O)O)C(=O)O)ccn2)c1. The molecule has 14 heteroatoms. The van der Waals surface area contributed by atoms with E-state index in [9.17, 15) is 28.8 Å². The van der Waals surface area contributed by atoms with Gasteiger partial charge in [0.25, 0.3) is 11.8 Å². The van der Waals surface area contributed by atoms with Gasteiger partial charge in [0.2, 0.25) is 12.1 Å². The Morgan fingerprint density at radius 3 is 1.22 bits per heavy atom. The number of nitrogens with zero attached hydrogens (tertiary/aromatic N) is 2. The summed E-state index contributed by atoms with van der Waals surface area (Å²) in [6.07, 6.45) is 2.31. The lowest BCUT2D eigenvalue weighted by Gasteiger charge is -2.11. The van der Waals surface area contributed by atoms with E-state index in [0.29, 0.717) is 0 Å². The Morgan fingerprint density at radius 2 is 0.938 bits per heavy atom. The molecular weight excluding hydrogens is 432 g/mol. The molecule has 2 heterocycles. The summed E-state index contributed by atoms with van der Waals surface area (Å²) in [6, 6.07) is 0.303. The average Bonchev–Trinajstić information content (AvgIpc) is 2.74. The van der Waals surface area contributed by atoms with Gasteiger partial charge in [-0.25, -0.2) is 19.2 Å². The third-order valence-electron chi connectivity index (χ3n) is 3.85. The van der Waals surface area contributed by atoms with Crippen molar-refractivity contribution >= 4 is 35.7 Å². The van der Waals surface area contributed by atoms with Crippen LogP contribution in [0.4, 0.5) is 0 Å². The van der Waals surface area contributed by atoms with Gasteiger partial charge in [0, 0.05) is 23.5 Å². The van der Waals surface area contributed by atoms with Crippen LogP contribution in [0.15, 0.2) is 36.7 Å². The van der Waals surface area contributed by atoms with Crippen molar-refractivity contribution in [3.63, 3.8) is 0 Å². The summed E-state index contributed by atoms with van der Waals surface area (Å²) < 4.78 is 0. The van der Waals surface area contributed by atoms with Gasteiger partial charge in [-0.3, -0.25) is 19.6 Å². The normalized spacial score (nSPS) is 10.4. The molecule has 2 rings (SSSR count). The second-order valence-electron chi connectivity index (χ2n) is 6.03. The van der Waals surface area contributed by atoms with Crippen LogP contribution < -0.4 is 10.6 Å². The van der Waals surface area contributed by atoms with Crippen LogP contribution in [-0.4, -0.2) is 78.2 Å². The maximum Gasteiger partial charge on any atom is 0.338 e. The van der Waals surface area contributed by atoms with Crippen LogP contribution in [0.3, 0.4) is 0 Å². The summed E-state index contributed by atoms with van der Waals surface area (Å²) in [5, 5.41) is 39.1. The fourth-order valence-electron chi connectivity index (χ4n) is 2.31. The molecule has 0 saturated heterocycles. The monoisotopic (exact) mass is 446 g/mol. The zero-order valence-electron chi connectivity index (χ0n) is 15.8. The molecule has 0 aliphatic rings. The van der Waals surface area contributed by atoms with Crippen LogP contribution in [0.25, 0.3) is 11.4 Å². The first-order valence-electron chi connectivity index (χ1n) is 8.46. The largest absolute Gasteiger partial charge is 0.479 e. The molecule has 2 aromatic heterocycles. The number of nitrogens with one attached hydrogen (secondary N) is 2. The van der Waals surface area contributed by atoms with Gasteiger partial charge in [-0.15, -0.1) is 0 Å². The smallest absolute Gasteiger partial charge is 0.338 e. The number of amides is 2. The van der Waals surface area contributed by atoms with Crippen molar-refractivity contribution in [2.24, 2.45) is 0 Å². The molecule has 166 valence electrons. The maximum atomic E-state index is 12.2. The van der Waals surface area contributed by atoms with Crippen LogP contribution in [0.1, 0.15) is 20.7 Å². The van der Waals surface area contributed by atoms with Gasteiger partial charge < -0.3 is 31.1 Å². The number of carboxylic acids is 4. The van der Waals surface area contributed by atoms with E-state index in [-0.39, 0.29) is 22.5 Å². The number of rotatable bonds is 9. The Bertz CT molecular complexity index is 1000. The van der Waals surface area contributed by atoms with E-state index in [1.54, 1.807) is 0 Å². The van der Waals surface area contributed by atoms with Crippen LogP contribution in [-0.2, 0) is 19.2 Å². The van der Waals surface area contributed by atoms with Gasteiger partial charge in [-0.05, 0) is 24.3 Å². The van der Waals surface area contributed by atoms with Crippen LogP contribution >= 0.6 is 0 Å². The first-order valence-corrected chi connectivity index (χ1v) is 8.46. The second kappa shape index (κ2) is 9.75. The van der Waals surface area contributed by atoms with Crippen molar-refractivity contribution in [2.45, 2.75) is 12.1 Å². The molecule has 0 aliphatic carbocycles. The number of carbonyl (C=O) groups excluding carboxylic acids is 2. The molecule has 0 radical (unpaired) electrons. The van der Waals surface area contributed by atoms with E-state index in [2.05, 4.69) is 9.97 Å². The highest BCUT2D eigenvalue weighted by Gasteiger charge is 2.29. The van der Waals surface area contributed by atoms with Crippen molar-refractivity contribution in [2.75, 3.05) is 0 Å². The molecule has 0 aromatic carbocycles. The number of hydrogen-bond donors (Lipinski definition) is 6. The van der Waals surface area contributed by atoms with E-state index in [4.69, 9.17) is 20.4 Å². The van der Waals surface area contributed by atoms with Crippen LogP contribution in [0, 0.1) is 0 Å². The Kier molecular flexibility index (Phi) is 7.13. The predicted molar refractivity (Wildman–Crippen MR) is 101 cm³/mol. The quantitative estimate of drug-likeness (QED) is 0.246. The first kappa shape index (κ1) is 23.4. The third kappa shape index (κ3) is 5.59. The van der Waals surface area contributed by atoms with E-state index >= 15 is 0 Å². The first-order chi connectivity index (χ1) is 15.0. The summed E-state index contributed by atoms with van der Waals surface area (Å²) in [5.41, 5.74) is -0.253. The lowest BCUT2D eigenvalue weighted by Crippen LogP contribution is -2.46. The number of aliphatic carboxylic acids is 4. The van der Waals surface area contributed by atoms with Crippen molar-refractivity contribution in [1.29, 1.82) is 0 Å². The molecule has 0 aliphatic heterocycles. The summed E-state index contributed by atoms with van der Waals surface area (Å²) in [5.74, 6) is -9.16. The fraction of sp³-hybridized carbons (Fsp3) is 0.111. The van der Waals surface area contributed by atoms with Crippen LogP contribution in [0.5, 0.6) is 0 Å². The van der Waals surface area contributed by atoms with Crippen molar-refractivity contribution in [3.05, 3.63) is 47.8 Å². The summed E-state index contributed by atoms with van der Waals surface area (Å²) in [4.78, 5) is 76.1. The van der Waals surface area contributed by atoms with E-state index in [0.717, 1.165) is 24.5 Å². The second-order valence-corrected chi connectivity index (χ2v) is 6.03. The lowest BCUT2D eigenvalue weighted by atomic mass is 10.1. The predicted octanol–water partition coefficient (Wildman–Crippen LogP) is -1.32. The van der Waals surface area contributed by atoms with Crippen molar-refractivity contribution in [3.8, 4) is 11.4 Å². The number of aromatic nitrogens is 2. The third-order valence-corrected chi connectivity index (χ3v) is 3.85. The molecule has 32 heavy (non-hydrogen) atoms. The van der Waals surface area contributed by atoms with Gasteiger partial charge in [0.05, 0.1) is 11.4 Å². The minimum atomic E-state index is -2.18. The molecule has 0 saturated carbocycles. The van der Waals surface area contributed by atoms with Gasteiger partial charge in [-0.2, -0.15) is 0 Å². The maximum absolute atomic E-state index is 12.2. The molecule has 0 unspecified atom stereocenters. The number of hydrogen-bond acceptors (Lipinski definition) is 8. The minimum absolute atomic E-state index is 0.0301. The van der Waals surface area contributed by atoms with E-state index < -0.39 is 47.8 Å². The van der Waals surface area contributed by atoms with Gasteiger partial charge in [0.15, 0.2) is 0 Å². The van der Waals surface area contributed by atoms with Gasteiger partial charge >= 0.3 is 23.9 Å². The van der Waals surface area contributed by atoms with E-state index in [1.165, 1.54) is 12.1 Å². The number of pyridine rings is 2. The number of carboxylic acid groups (broad SMARTS) is 4. The Balaban J connectivity index is 2.28. The van der Waals surface area contributed by atoms with Gasteiger partial charge in [-0.1, -0.05) is 0 Å². The summed E-state index contributed by atoms with van der Waals surface area (Å²) in [7, 11) is 0. The molecule has 0 spiro atoms. The van der Waals surface area contributed by atoms with Crippen molar-refractivity contribution in [1.82, 2.24) is 20.6 Å². The highest BCUT2D eigenvalue weighted by Crippen LogP contribution is 2.17. The Morgan fingerprint density at radius 1 is 0.625 bits per heavy atom. The summed E-state index contributed by atoms with van der Waals surface area (Å²) in [6.45, 7) is 0. The molecule has 0 fully saturated rings. The highest BCUT2D eigenvalue weighted by atomic mass is 16.4. The van der Waals surface area contributed by atoms with E-state index in [1.807, 2.05) is 10.6 Å². The standard InChI is InChI=1S/C18H14N4O10/c23-13(21-11(15(25)26)16(27)28)7-1-3-19-9(5-7)10-6-8(2-4-20-10)14(24)22-12(17(29)30)18(31)32/h1-6,11-12H,(H,21,23)(H,22,24)(H,25,26)(H,27,28)(H,29,30)(H,31,32). The minimum Gasteiger partial charge on any atom is -0.479 e. The molecule has 0 atom stereocenters. The Labute approximate surface area is 177 Å². The zero-order chi connectivity index (χ0) is 24.0. The Hall–Kier alpha value is -4.88. The van der Waals surface area contributed by atoms with Gasteiger partial charge in [0.1, 0.15) is 0 Å². The average molecular weight is 446 g/mol. The van der Waals surface area contributed by atoms with Crippen LogP contribution in [0.2, 0.25) is 0 Å². The number of carbonyl (C=O) groups is 6. The topological polar surface area (TPSA) is 233 Å². The molecule has 2 amide bonds. The molecule has 0 bridgehead atoms. The lowest BCUT2D eigenvalue weighted by molar-refractivity contribution is -0.152. The highest BCUT2D eigenvalue weighted by molar-refractivity contribution is 6.05.